The Kier molecular flexibility index (Phi) is 5.78. The van der Waals surface area contributed by atoms with Crippen LogP contribution >= 0.6 is 0 Å². The first-order valence-electron chi connectivity index (χ1n) is 8.52. The standard InChI is InChI=1S/C22H20N2O2/c25-21(18-10-4-1-5-11-18)16-17-22(26)23-24(19-12-6-2-7-13-19)20-14-8-3-9-15-20/h1-15H,16-17H2,(H,23,26). The third-order valence-corrected chi connectivity index (χ3v) is 3.94. The van der Waals surface area contributed by atoms with Gasteiger partial charge in [-0.3, -0.25) is 20.0 Å². The second-order valence-corrected chi connectivity index (χ2v) is 5.83. The predicted molar refractivity (Wildman–Crippen MR) is 103 cm³/mol. The zero-order chi connectivity index (χ0) is 18.2. The van der Waals surface area contributed by atoms with Crippen molar-refractivity contribution >= 4 is 23.1 Å². The maximum atomic E-state index is 12.4. The summed E-state index contributed by atoms with van der Waals surface area (Å²) in [4.78, 5) is 24.6. The van der Waals surface area contributed by atoms with E-state index in [9.17, 15) is 9.59 Å². The van der Waals surface area contributed by atoms with Crippen LogP contribution in [0.2, 0.25) is 0 Å². The topological polar surface area (TPSA) is 49.4 Å². The second-order valence-electron chi connectivity index (χ2n) is 5.83. The van der Waals surface area contributed by atoms with Crippen molar-refractivity contribution in [1.82, 2.24) is 5.43 Å². The molecule has 0 atom stereocenters. The summed E-state index contributed by atoms with van der Waals surface area (Å²) in [5.41, 5.74) is 5.22. The normalized spacial score (nSPS) is 10.2. The number of nitrogens with zero attached hydrogens (tertiary/aromatic N) is 1. The quantitative estimate of drug-likeness (QED) is 0.506. The van der Waals surface area contributed by atoms with Crippen molar-refractivity contribution in [2.24, 2.45) is 0 Å². The van der Waals surface area contributed by atoms with Gasteiger partial charge in [0.2, 0.25) is 5.91 Å². The van der Waals surface area contributed by atoms with Crippen molar-refractivity contribution in [3.05, 3.63) is 96.6 Å². The highest BCUT2D eigenvalue weighted by atomic mass is 16.2. The van der Waals surface area contributed by atoms with E-state index in [-0.39, 0.29) is 24.5 Å². The third kappa shape index (κ3) is 4.57. The molecular formula is C22H20N2O2. The van der Waals surface area contributed by atoms with Gasteiger partial charge in [0.1, 0.15) is 0 Å². The summed E-state index contributed by atoms with van der Waals surface area (Å²) in [5.74, 6) is -0.242. The fraction of sp³-hybridized carbons (Fsp3) is 0.0909. The van der Waals surface area contributed by atoms with Gasteiger partial charge in [0.05, 0.1) is 11.4 Å². The molecule has 0 heterocycles. The minimum Gasteiger partial charge on any atom is -0.294 e. The Morgan fingerprint density at radius 1 is 0.654 bits per heavy atom. The van der Waals surface area contributed by atoms with E-state index in [4.69, 9.17) is 0 Å². The Labute approximate surface area is 153 Å². The van der Waals surface area contributed by atoms with E-state index in [1.54, 1.807) is 17.1 Å². The van der Waals surface area contributed by atoms with E-state index in [0.717, 1.165) is 11.4 Å². The monoisotopic (exact) mass is 344 g/mol. The molecule has 0 spiro atoms. The smallest absolute Gasteiger partial charge is 0.239 e. The van der Waals surface area contributed by atoms with Gasteiger partial charge in [-0.05, 0) is 24.3 Å². The van der Waals surface area contributed by atoms with Gasteiger partial charge in [-0.25, -0.2) is 0 Å². The molecule has 3 aromatic carbocycles. The zero-order valence-electron chi connectivity index (χ0n) is 14.3. The fourth-order valence-electron chi connectivity index (χ4n) is 2.61. The molecule has 0 aliphatic carbocycles. The highest BCUT2D eigenvalue weighted by Crippen LogP contribution is 2.22. The Balaban J connectivity index is 1.67. The lowest BCUT2D eigenvalue weighted by Gasteiger charge is -2.25. The Morgan fingerprint density at radius 2 is 1.12 bits per heavy atom. The van der Waals surface area contributed by atoms with E-state index in [2.05, 4.69) is 5.43 Å². The largest absolute Gasteiger partial charge is 0.294 e. The number of anilines is 2. The molecule has 0 saturated heterocycles. The number of carbonyl (C=O) groups excluding carboxylic acids is 2. The minimum absolute atomic E-state index is 0.0354. The number of hydrazine groups is 1. The number of para-hydroxylation sites is 2. The molecule has 0 radical (unpaired) electrons. The molecule has 26 heavy (non-hydrogen) atoms. The van der Waals surface area contributed by atoms with Crippen LogP contribution in [-0.4, -0.2) is 11.7 Å². The number of amides is 1. The molecule has 3 rings (SSSR count). The fourth-order valence-corrected chi connectivity index (χ4v) is 2.61. The molecule has 0 aromatic heterocycles. The van der Waals surface area contributed by atoms with Crippen LogP contribution in [-0.2, 0) is 4.79 Å². The average Bonchev–Trinajstić information content (AvgIpc) is 2.72. The first kappa shape index (κ1) is 17.4. The van der Waals surface area contributed by atoms with E-state index in [0.29, 0.717) is 5.56 Å². The highest BCUT2D eigenvalue weighted by molar-refractivity contribution is 5.98. The lowest BCUT2D eigenvalue weighted by atomic mass is 10.1. The molecule has 1 N–H and O–H groups in total. The SMILES string of the molecule is O=C(CCC(=O)c1ccccc1)NN(c1ccccc1)c1ccccc1. The van der Waals surface area contributed by atoms with Gasteiger partial charge in [0.15, 0.2) is 5.78 Å². The van der Waals surface area contributed by atoms with Crippen molar-refractivity contribution in [2.45, 2.75) is 12.8 Å². The summed E-state index contributed by atoms with van der Waals surface area (Å²) >= 11 is 0. The van der Waals surface area contributed by atoms with E-state index >= 15 is 0 Å². The summed E-state index contributed by atoms with van der Waals surface area (Å²) in [7, 11) is 0. The molecule has 0 unspecified atom stereocenters. The number of nitrogens with one attached hydrogen (secondary N) is 1. The maximum absolute atomic E-state index is 12.4. The number of hydrogen-bond donors (Lipinski definition) is 1. The van der Waals surface area contributed by atoms with Crippen LogP contribution in [0.1, 0.15) is 23.2 Å². The molecule has 3 aromatic rings. The highest BCUT2D eigenvalue weighted by Gasteiger charge is 2.14. The van der Waals surface area contributed by atoms with Crippen molar-refractivity contribution in [2.75, 3.05) is 5.01 Å². The number of rotatable bonds is 7. The molecule has 0 saturated carbocycles. The van der Waals surface area contributed by atoms with E-state index < -0.39 is 0 Å². The van der Waals surface area contributed by atoms with Crippen LogP contribution in [0.4, 0.5) is 11.4 Å². The van der Waals surface area contributed by atoms with Crippen LogP contribution < -0.4 is 10.4 Å². The first-order valence-corrected chi connectivity index (χ1v) is 8.52. The van der Waals surface area contributed by atoms with Crippen LogP contribution in [0.5, 0.6) is 0 Å². The van der Waals surface area contributed by atoms with Crippen molar-refractivity contribution in [3.8, 4) is 0 Å². The summed E-state index contributed by atoms with van der Waals surface area (Å²) < 4.78 is 0. The van der Waals surface area contributed by atoms with Gasteiger partial charge in [-0.1, -0.05) is 66.7 Å². The number of carbonyl (C=O) groups is 2. The Hall–Kier alpha value is -3.40. The molecule has 0 aliphatic rings. The zero-order valence-corrected chi connectivity index (χ0v) is 14.3. The predicted octanol–water partition coefficient (Wildman–Crippen LogP) is 4.52. The van der Waals surface area contributed by atoms with Gasteiger partial charge >= 0.3 is 0 Å². The van der Waals surface area contributed by atoms with Gasteiger partial charge in [0, 0.05) is 18.4 Å². The Bertz CT molecular complexity index is 810. The van der Waals surface area contributed by atoms with E-state index in [1.807, 2.05) is 78.9 Å². The molecule has 0 fully saturated rings. The molecule has 1 amide bonds. The summed E-state index contributed by atoms with van der Waals surface area (Å²) in [6, 6.07) is 28.2. The lowest BCUT2D eigenvalue weighted by molar-refractivity contribution is -0.121. The lowest BCUT2D eigenvalue weighted by Crippen LogP contribution is -2.39. The maximum Gasteiger partial charge on any atom is 0.239 e. The molecule has 4 nitrogen and oxygen atoms in total. The molecule has 4 heteroatoms. The third-order valence-electron chi connectivity index (χ3n) is 3.94. The molecule has 130 valence electrons. The summed E-state index contributed by atoms with van der Waals surface area (Å²) in [6.07, 6.45) is 0.303. The minimum atomic E-state index is -0.206. The van der Waals surface area contributed by atoms with Gasteiger partial charge in [-0.15, -0.1) is 0 Å². The van der Waals surface area contributed by atoms with Crippen LogP contribution in [0, 0.1) is 0 Å². The van der Waals surface area contributed by atoms with Gasteiger partial charge < -0.3 is 0 Å². The van der Waals surface area contributed by atoms with Crippen molar-refractivity contribution in [3.63, 3.8) is 0 Å². The van der Waals surface area contributed by atoms with Crippen molar-refractivity contribution < 1.29 is 9.59 Å². The number of hydrogen-bond acceptors (Lipinski definition) is 3. The summed E-state index contributed by atoms with van der Waals surface area (Å²) in [6.45, 7) is 0. The Morgan fingerprint density at radius 3 is 1.62 bits per heavy atom. The molecule has 0 bridgehead atoms. The van der Waals surface area contributed by atoms with Crippen LogP contribution in [0.15, 0.2) is 91.0 Å². The number of benzene rings is 3. The van der Waals surface area contributed by atoms with Gasteiger partial charge in [-0.2, -0.15) is 0 Å². The van der Waals surface area contributed by atoms with Crippen LogP contribution in [0.3, 0.4) is 0 Å². The number of ketones is 1. The van der Waals surface area contributed by atoms with Gasteiger partial charge in [0.25, 0.3) is 0 Å². The molecular weight excluding hydrogens is 324 g/mol. The van der Waals surface area contributed by atoms with Crippen LogP contribution in [0.25, 0.3) is 0 Å². The molecule has 0 aliphatic heterocycles. The second kappa shape index (κ2) is 8.62. The van der Waals surface area contributed by atoms with E-state index in [1.165, 1.54) is 0 Å². The average molecular weight is 344 g/mol. The summed E-state index contributed by atoms with van der Waals surface area (Å²) in [5, 5.41) is 1.73. The first-order chi connectivity index (χ1) is 12.7. The van der Waals surface area contributed by atoms with Crippen molar-refractivity contribution in [1.29, 1.82) is 0 Å². The number of Topliss-reactive ketones (excluding diaryl/α,β-unsaturated/α-hetero) is 1.